The lowest BCUT2D eigenvalue weighted by Crippen LogP contribution is -2.43. The summed E-state index contributed by atoms with van der Waals surface area (Å²) < 4.78 is 0. The maximum absolute atomic E-state index is 13.2. The monoisotopic (exact) mass is 390 g/mol. The SMILES string of the molecule is O=C(c1cccc2ccccc12)[C@@H]1CCCN(C(=O)CSc2ccncc2)C1. The Hall–Kier alpha value is -2.66. The molecule has 1 fully saturated rings. The van der Waals surface area contributed by atoms with Crippen LogP contribution in [0.15, 0.2) is 71.9 Å². The van der Waals surface area contributed by atoms with Crippen LogP contribution in [0.3, 0.4) is 0 Å². The Kier molecular flexibility index (Phi) is 5.72. The maximum Gasteiger partial charge on any atom is 0.232 e. The molecule has 0 unspecified atom stereocenters. The smallest absolute Gasteiger partial charge is 0.232 e. The van der Waals surface area contributed by atoms with E-state index < -0.39 is 0 Å². The summed E-state index contributed by atoms with van der Waals surface area (Å²) in [6.07, 6.45) is 5.16. The van der Waals surface area contributed by atoms with Crippen molar-refractivity contribution in [1.29, 1.82) is 0 Å². The topological polar surface area (TPSA) is 50.3 Å². The largest absolute Gasteiger partial charge is 0.341 e. The average molecular weight is 391 g/mol. The van der Waals surface area contributed by atoms with E-state index in [0.29, 0.717) is 12.3 Å². The van der Waals surface area contributed by atoms with Gasteiger partial charge in [-0.15, -0.1) is 11.8 Å². The number of fused-ring (bicyclic) bond motifs is 1. The highest BCUT2D eigenvalue weighted by atomic mass is 32.2. The van der Waals surface area contributed by atoms with E-state index in [2.05, 4.69) is 4.98 Å². The normalized spacial score (nSPS) is 16.9. The van der Waals surface area contributed by atoms with Crippen molar-refractivity contribution in [3.63, 3.8) is 0 Å². The number of thioether (sulfide) groups is 1. The number of carbonyl (C=O) groups is 2. The van der Waals surface area contributed by atoms with Gasteiger partial charge in [-0.25, -0.2) is 0 Å². The summed E-state index contributed by atoms with van der Waals surface area (Å²) in [5, 5.41) is 2.07. The molecule has 4 nitrogen and oxygen atoms in total. The molecule has 5 heteroatoms. The van der Waals surface area contributed by atoms with Crippen LogP contribution in [0, 0.1) is 5.92 Å². The van der Waals surface area contributed by atoms with Crippen LogP contribution < -0.4 is 0 Å². The molecular formula is C23H22N2O2S. The van der Waals surface area contributed by atoms with Gasteiger partial charge in [0.25, 0.3) is 0 Å². The van der Waals surface area contributed by atoms with Gasteiger partial charge in [0.2, 0.25) is 5.91 Å². The molecule has 28 heavy (non-hydrogen) atoms. The van der Waals surface area contributed by atoms with Crippen molar-refractivity contribution in [1.82, 2.24) is 9.88 Å². The number of carbonyl (C=O) groups excluding carboxylic acids is 2. The Morgan fingerprint density at radius 3 is 2.68 bits per heavy atom. The zero-order valence-electron chi connectivity index (χ0n) is 15.6. The molecular weight excluding hydrogens is 368 g/mol. The average Bonchev–Trinajstić information content (AvgIpc) is 2.77. The molecule has 1 saturated heterocycles. The lowest BCUT2D eigenvalue weighted by molar-refractivity contribution is -0.129. The third kappa shape index (κ3) is 4.09. The Morgan fingerprint density at radius 2 is 1.82 bits per heavy atom. The zero-order valence-corrected chi connectivity index (χ0v) is 16.4. The molecule has 2 heterocycles. The standard InChI is InChI=1S/C23H22N2O2S/c26-22(16-28-19-10-12-24-13-11-19)25-14-4-7-18(15-25)23(27)21-9-3-6-17-5-1-2-8-20(17)21/h1-3,5-6,8-13,18H,4,7,14-16H2/t18-/m1/s1. The molecule has 0 saturated carbocycles. The first-order valence-electron chi connectivity index (χ1n) is 9.55. The van der Waals surface area contributed by atoms with Crippen LogP contribution in [-0.2, 0) is 4.79 Å². The van der Waals surface area contributed by atoms with E-state index in [-0.39, 0.29) is 17.6 Å². The summed E-state index contributed by atoms with van der Waals surface area (Å²) >= 11 is 1.51. The van der Waals surface area contributed by atoms with E-state index in [1.807, 2.05) is 59.5 Å². The van der Waals surface area contributed by atoms with Gasteiger partial charge in [-0.2, -0.15) is 0 Å². The van der Waals surface area contributed by atoms with E-state index in [1.54, 1.807) is 12.4 Å². The number of hydrogen-bond acceptors (Lipinski definition) is 4. The Balaban J connectivity index is 1.44. The van der Waals surface area contributed by atoms with E-state index >= 15 is 0 Å². The quantitative estimate of drug-likeness (QED) is 0.477. The minimum absolute atomic E-state index is 0.0947. The zero-order chi connectivity index (χ0) is 19.3. The Morgan fingerprint density at radius 1 is 1.04 bits per heavy atom. The molecule has 2 aromatic carbocycles. The van der Waals surface area contributed by atoms with Crippen LogP contribution in [0.25, 0.3) is 10.8 Å². The summed E-state index contributed by atoms with van der Waals surface area (Å²) in [5.74, 6) is 0.502. The van der Waals surface area contributed by atoms with E-state index in [1.165, 1.54) is 11.8 Å². The summed E-state index contributed by atoms with van der Waals surface area (Å²) in [6.45, 7) is 1.24. The first-order chi connectivity index (χ1) is 13.7. The number of nitrogens with zero attached hydrogens (tertiary/aromatic N) is 2. The molecule has 1 aromatic heterocycles. The number of hydrogen-bond donors (Lipinski definition) is 0. The Labute approximate surface area is 169 Å². The molecule has 1 atom stereocenters. The molecule has 0 radical (unpaired) electrons. The number of rotatable bonds is 5. The summed E-state index contributed by atoms with van der Waals surface area (Å²) in [4.78, 5) is 32.8. The highest BCUT2D eigenvalue weighted by Gasteiger charge is 2.29. The van der Waals surface area contributed by atoms with Crippen LogP contribution in [0.2, 0.25) is 0 Å². The summed E-state index contributed by atoms with van der Waals surface area (Å²) in [5.41, 5.74) is 0.767. The second kappa shape index (κ2) is 8.57. The van der Waals surface area contributed by atoms with Gasteiger partial charge in [0, 0.05) is 41.9 Å². The fourth-order valence-electron chi connectivity index (χ4n) is 3.75. The van der Waals surface area contributed by atoms with Crippen LogP contribution in [0.5, 0.6) is 0 Å². The number of aromatic nitrogens is 1. The number of piperidine rings is 1. The molecule has 4 rings (SSSR count). The first kappa shape index (κ1) is 18.7. The van der Waals surface area contributed by atoms with Gasteiger partial charge in [0.05, 0.1) is 5.75 Å². The number of ketones is 1. The summed E-state index contributed by atoms with van der Waals surface area (Å²) in [6, 6.07) is 17.7. The van der Waals surface area contributed by atoms with Crippen molar-refractivity contribution in [2.45, 2.75) is 17.7 Å². The van der Waals surface area contributed by atoms with Crippen molar-refractivity contribution in [3.8, 4) is 0 Å². The predicted molar refractivity (Wildman–Crippen MR) is 113 cm³/mol. The lowest BCUT2D eigenvalue weighted by atomic mass is 9.88. The second-order valence-electron chi connectivity index (χ2n) is 7.04. The highest BCUT2D eigenvalue weighted by Crippen LogP contribution is 2.26. The fraction of sp³-hybridized carbons (Fsp3) is 0.261. The number of amides is 1. The van der Waals surface area contributed by atoms with E-state index in [9.17, 15) is 9.59 Å². The van der Waals surface area contributed by atoms with Gasteiger partial charge in [-0.3, -0.25) is 14.6 Å². The van der Waals surface area contributed by atoms with Crippen LogP contribution >= 0.6 is 11.8 Å². The molecule has 0 N–H and O–H groups in total. The van der Waals surface area contributed by atoms with Crippen molar-refractivity contribution in [3.05, 3.63) is 72.6 Å². The predicted octanol–water partition coefficient (Wildman–Crippen LogP) is 4.45. The van der Waals surface area contributed by atoms with Gasteiger partial charge in [-0.05, 0) is 35.7 Å². The van der Waals surface area contributed by atoms with Crippen molar-refractivity contribution in [2.24, 2.45) is 5.92 Å². The number of benzene rings is 2. The second-order valence-corrected chi connectivity index (χ2v) is 8.09. The first-order valence-corrected chi connectivity index (χ1v) is 10.5. The molecule has 142 valence electrons. The van der Waals surface area contributed by atoms with E-state index in [0.717, 1.165) is 40.6 Å². The molecule has 0 aliphatic carbocycles. The van der Waals surface area contributed by atoms with Crippen molar-refractivity contribution in [2.75, 3.05) is 18.8 Å². The molecule has 0 spiro atoms. The van der Waals surface area contributed by atoms with Crippen LogP contribution in [-0.4, -0.2) is 40.4 Å². The Bertz CT molecular complexity index is 985. The van der Waals surface area contributed by atoms with Crippen molar-refractivity contribution < 1.29 is 9.59 Å². The van der Waals surface area contributed by atoms with Gasteiger partial charge >= 0.3 is 0 Å². The van der Waals surface area contributed by atoms with E-state index in [4.69, 9.17) is 0 Å². The number of pyridine rings is 1. The third-order valence-corrected chi connectivity index (χ3v) is 6.21. The molecule has 1 amide bonds. The van der Waals surface area contributed by atoms with Gasteiger partial charge < -0.3 is 4.90 Å². The third-order valence-electron chi connectivity index (χ3n) is 5.21. The van der Waals surface area contributed by atoms with Gasteiger partial charge in [0.1, 0.15) is 0 Å². The minimum atomic E-state index is -0.130. The van der Waals surface area contributed by atoms with Gasteiger partial charge in [0.15, 0.2) is 5.78 Å². The number of likely N-dealkylation sites (tertiary alicyclic amines) is 1. The molecule has 1 aliphatic rings. The maximum atomic E-state index is 13.2. The fourth-order valence-corrected chi connectivity index (χ4v) is 4.54. The van der Waals surface area contributed by atoms with Crippen LogP contribution in [0.1, 0.15) is 23.2 Å². The lowest BCUT2D eigenvalue weighted by Gasteiger charge is -2.32. The summed E-state index contributed by atoms with van der Waals surface area (Å²) in [7, 11) is 0. The van der Waals surface area contributed by atoms with Crippen LogP contribution in [0.4, 0.5) is 0 Å². The molecule has 1 aliphatic heterocycles. The minimum Gasteiger partial charge on any atom is -0.341 e. The molecule has 0 bridgehead atoms. The highest BCUT2D eigenvalue weighted by molar-refractivity contribution is 8.00. The number of Topliss-reactive ketones (excluding diaryl/α,β-unsaturated/α-hetero) is 1. The van der Waals surface area contributed by atoms with Crippen molar-refractivity contribution >= 4 is 34.2 Å². The van der Waals surface area contributed by atoms with Gasteiger partial charge in [-0.1, -0.05) is 42.5 Å². The molecule has 3 aromatic rings.